The molecule has 1 aliphatic heterocycles. The molecule has 35 heavy (non-hydrogen) atoms. The SMILES string of the molecule is CCCCOc1cccc(C(=O)Nc2ccccc2N2CCN(C(=O)c3ccc(Cl)cc3)CC2)c1. The summed E-state index contributed by atoms with van der Waals surface area (Å²) in [6.45, 7) is 5.29. The van der Waals surface area contributed by atoms with Crippen molar-refractivity contribution in [2.45, 2.75) is 19.8 Å². The van der Waals surface area contributed by atoms with Crippen LogP contribution in [0.5, 0.6) is 5.75 Å². The number of piperazine rings is 1. The molecule has 4 rings (SSSR count). The largest absolute Gasteiger partial charge is 0.494 e. The summed E-state index contributed by atoms with van der Waals surface area (Å²) in [5.74, 6) is 0.514. The number of para-hydroxylation sites is 2. The van der Waals surface area contributed by atoms with E-state index < -0.39 is 0 Å². The number of nitrogens with zero attached hydrogens (tertiary/aromatic N) is 2. The fraction of sp³-hybridized carbons (Fsp3) is 0.286. The Morgan fingerprint density at radius 3 is 2.40 bits per heavy atom. The van der Waals surface area contributed by atoms with E-state index in [1.165, 1.54) is 0 Å². The van der Waals surface area contributed by atoms with Gasteiger partial charge in [0, 0.05) is 42.3 Å². The van der Waals surface area contributed by atoms with Gasteiger partial charge in [-0.3, -0.25) is 9.59 Å². The lowest BCUT2D eigenvalue weighted by molar-refractivity contribution is 0.0746. The summed E-state index contributed by atoms with van der Waals surface area (Å²) in [6, 6.07) is 22.0. The molecule has 0 saturated carbocycles. The summed E-state index contributed by atoms with van der Waals surface area (Å²) in [5, 5.41) is 3.67. The monoisotopic (exact) mass is 491 g/mol. The maximum Gasteiger partial charge on any atom is 0.255 e. The van der Waals surface area contributed by atoms with Gasteiger partial charge >= 0.3 is 0 Å². The van der Waals surface area contributed by atoms with Crippen LogP contribution in [0.25, 0.3) is 0 Å². The highest BCUT2D eigenvalue weighted by atomic mass is 35.5. The number of nitrogens with one attached hydrogen (secondary N) is 1. The average Bonchev–Trinajstić information content (AvgIpc) is 2.89. The first-order chi connectivity index (χ1) is 17.0. The first-order valence-corrected chi connectivity index (χ1v) is 12.4. The van der Waals surface area contributed by atoms with Gasteiger partial charge in [-0.15, -0.1) is 0 Å². The van der Waals surface area contributed by atoms with Crippen LogP contribution in [0.3, 0.4) is 0 Å². The van der Waals surface area contributed by atoms with Crippen LogP contribution < -0.4 is 15.0 Å². The summed E-state index contributed by atoms with van der Waals surface area (Å²) in [6.07, 6.45) is 2.03. The number of unbranched alkanes of at least 4 members (excludes halogenated alkanes) is 1. The Hall–Kier alpha value is -3.51. The molecule has 182 valence electrons. The molecule has 0 unspecified atom stereocenters. The zero-order valence-electron chi connectivity index (χ0n) is 19.9. The number of carbonyl (C=O) groups is 2. The molecule has 0 aromatic heterocycles. The van der Waals surface area contributed by atoms with Crippen LogP contribution >= 0.6 is 11.6 Å². The third-order valence-corrected chi connectivity index (χ3v) is 6.27. The van der Waals surface area contributed by atoms with Gasteiger partial charge in [-0.25, -0.2) is 0 Å². The second-order valence-corrected chi connectivity index (χ2v) is 8.92. The van der Waals surface area contributed by atoms with Crippen molar-refractivity contribution in [1.82, 2.24) is 4.90 Å². The van der Waals surface area contributed by atoms with Gasteiger partial charge in [0.1, 0.15) is 5.75 Å². The van der Waals surface area contributed by atoms with E-state index in [0.717, 1.165) is 24.2 Å². The molecule has 1 heterocycles. The molecule has 0 bridgehead atoms. The second kappa shape index (κ2) is 11.8. The summed E-state index contributed by atoms with van der Waals surface area (Å²) in [5.41, 5.74) is 2.87. The fourth-order valence-electron chi connectivity index (χ4n) is 4.04. The van der Waals surface area contributed by atoms with Gasteiger partial charge in [-0.1, -0.05) is 43.1 Å². The molecule has 0 spiro atoms. The molecule has 0 aliphatic carbocycles. The maximum absolute atomic E-state index is 13.0. The molecule has 7 heteroatoms. The standard InChI is InChI=1S/C28H30ClN3O3/c1-2-3-19-35-24-8-6-7-22(20-24)27(33)30-25-9-4-5-10-26(25)31-15-17-32(18-16-31)28(34)21-11-13-23(29)14-12-21/h4-14,20H,2-3,15-19H2,1H3,(H,30,33). The van der Waals surface area contributed by atoms with Crippen LogP contribution in [0.15, 0.2) is 72.8 Å². The zero-order valence-corrected chi connectivity index (χ0v) is 20.6. The molecule has 6 nitrogen and oxygen atoms in total. The molecule has 3 aromatic carbocycles. The number of carbonyl (C=O) groups excluding carboxylic acids is 2. The minimum absolute atomic E-state index is 0.00365. The van der Waals surface area contributed by atoms with Crippen molar-refractivity contribution in [2.24, 2.45) is 0 Å². The van der Waals surface area contributed by atoms with Gasteiger partial charge in [-0.05, 0) is 61.0 Å². The maximum atomic E-state index is 13.0. The van der Waals surface area contributed by atoms with Gasteiger partial charge in [0.2, 0.25) is 0 Å². The van der Waals surface area contributed by atoms with E-state index in [-0.39, 0.29) is 11.8 Å². The van der Waals surface area contributed by atoms with E-state index in [1.54, 1.807) is 36.4 Å². The smallest absolute Gasteiger partial charge is 0.255 e. The number of halogens is 1. The van der Waals surface area contributed by atoms with Crippen LogP contribution in [-0.4, -0.2) is 49.5 Å². The molecule has 3 aromatic rings. The van der Waals surface area contributed by atoms with E-state index >= 15 is 0 Å². The zero-order chi connectivity index (χ0) is 24.6. The molecular weight excluding hydrogens is 462 g/mol. The normalized spacial score (nSPS) is 13.4. The van der Waals surface area contributed by atoms with Crippen molar-refractivity contribution in [1.29, 1.82) is 0 Å². The van der Waals surface area contributed by atoms with E-state index in [1.807, 2.05) is 41.3 Å². The van der Waals surface area contributed by atoms with Crippen molar-refractivity contribution in [3.63, 3.8) is 0 Å². The molecule has 0 radical (unpaired) electrons. The quantitative estimate of drug-likeness (QED) is 0.408. The van der Waals surface area contributed by atoms with Gasteiger partial charge < -0.3 is 19.9 Å². The highest BCUT2D eigenvalue weighted by Crippen LogP contribution is 2.28. The lowest BCUT2D eigenvalue weighted by atomic mass is 10.1. The minimum Gasteiger partial charge on any atom is -0.494 e. The van der Waals surface area contributed by atoms with Crippen LogP contribution in [0.2, 0.25) is 5.02 Å². The molecule has 1 N–H and O–H groups in total. The van der Waals surface area contributed by atoms with E-state index in [9.17, 15) is 9.59 Å². The summed E-state index contributed by atoms with van der Waals surface area (Å²) in [4.78, 5) is 29.9. The second-order valence-electron chi connectivity index (χ2n) is 8.49. The lowest BCUT2D eigenvalue weighted by Gasteiger charge is -2.37. The predicted molar refractivity (Wildman–Crippen MR) is 141 cm³/mol. The van der Waals surface area contributed by atoms with Crippen molar-refractivity contribution >= 4 is 34.8 Å². The Balaban J connectivity index is 1.40. The Kier molecular flexibility index (Phi) is 8.27. The predicted octanol–water partition coefficient (Wildman–Crippen LogP) is 5.73. The summed E-state index contributed by atoms with van der Waals surface area (Å²) in [7, 11) is 0. The van der Waals surface area contributed by atoms with Crippen molar-refractivity contribution in [3.8, 4) is 5.75 Å². The Labute approximate surface area is 211 Å². The van der Waals surface area contributed by atoms with E-state index in [2.05, 4.69) is 17.1 Å². The molecular formula is C28H30ClN3O3. The van der Waals surface area contributed by atoms with Crippen LogP contribution in [0.1, 0.15) is 40.5 Å². The highest BCUT2D eigenvalue weighted by Gasteiger charge is 2.24. The van der Waals surface area contributed by atoms with Crippen molar-refractivity contribution in [3.05, 3.63) is 88.9 Å². The fourth-order valence-corrected chi connectivity index (χ4v) is 4.16. The highest BCUT2D eigenvalue weighted by molar-refractivity contribution is 6.30. The van der Waals surface area contributed by atoms with E-state index in [0.29, 0.717) is 54.7 Å². The third-order valence-electron chi connectivity index (χ3n) is 6.01. The summed E-state index contributed by atoms with van der Waals surface area (Å²) < 4.78 is 5.75. The Morgan fingerprint density at radius 2 is 1.66 bits per heavy atom. The Morgan fingerprint density at radius 1 is 0.914 bits per heavy atom. The number of benzene rings is 3. The number of rotatable bonds is 8. The number of hydrogen-bond acceptors (Lipinski definition) is 4. The average molecular weight is 492 g/mol. The van der Waals surface area contributed by atoms with E-state index in [4.69, 9.17) is 16.3 Å². The lowest BCUT2D eigenvalue weighted by Crippen LogP contribution is -2.49. The van der Waals surface area contributed by atoms with Crippen molar-refractivity contribution in [2.75, 3.05) is 43.0 Å². The third kappa shape index (κ3) is 6.34. The van der Waals surface area contributed by atoms with Crippen LogP contribution in [0.4, 0.5) is 11.4 Å². The number of hydrogen-bond donors (Lipinski definition) is 1. The number of amides is 2. The molecule has 1 aliphatic rings. The van der Waals surface area contributed by atoms with Crippen molar-refractivity contribution < 1.29 is 14.3 Å². The van der Waals surface area contributed by atoms with Gasteiger partial charge in [0.25, 0.3) is 11.8 Å². The molecule has 2 amide bonds. The first kappa shape index (κ1) is 24.6. The minimum atomic E-state index is -0.185. The van der Waals surface area contributed by atoms with Gasteiger partial charge in [0.15, 0.2) is 0 Å². The van der Waals surface area contributed by atoms with Crippen LogP contribution in [-0.2, 0) is 0 Å². The van der Waals surface area contributed by atoms with Crippen LogP contribution in [0, 0.1) is 0 Å². The molecule has 0 atom stereocenters. The number of ether oxygens (including phenoxy) is 1. The summed E-state index contributed by atoms with van der Waals surface area (Å²) >= 11 is 5.94. The van der Waals surface area contributed by atoms with Gasteiger partial charge in [0.05, 0.1) is 18.0 Å². The topological polar surface area (TPSA) is 61.9 Å². The number of anilines is 2. The molecule has 1 fully saturated rings. The Bertz CT molecular complexity index is 1160. The first-order valence-electron chi connectivity index (χ1n) is 12.0. The molecule has 1 saturated heterocycles. The van der Waals surface area contributed by atoms with Gasteiger partial charge in [-0.2, -0.15) is 0 Å².